The lowest BCUT2D eigenvalue weighted by atomic mass is 10.1. The van der Waals surface area contributed by atoms with Crippen molar-refractivity contribution in [2.75, 3.05) is 47.0 Å². The summed E-state index contributed by atoms with van der Waals surface area (Å²) < 4.78 is 16.3. The zero-order chi connectivity index (χ0) is 19.1. The number of nitrogens with zero attached hydrogens (tertiary/aromatic N) is 2. The fourth-order valence-corrected chi connectivity index (χ4v) is 3.44. The Bertz CT molecular complexity index is 688. The summed E-state index contributed by atoms with van der Waals surface area (Å²) in [6.45, 7) is 8.92. The highest BCUT2D eigenvalue weighted by molar-refractivity contribution is 5.38. The summed E-state index contributed by atoms with van der Waals surface area (Å²) in [5.74, 6) is 2.64. The molecular formula is C22H30N2O3. The molecule has 146 valence electrons. The Morgan fingerprint density at radius 3 is 1.70 bits per heavy atom. The summed E-state index contributed by atoms with van der Waals surface area (Å²) >= 11 is 0. The molecule has 1 saturated heterocycles. The molecule has 1 aliphatic heterocycles. The molecule has 1 aliphatic rings. The van der Waals surface area contributed by atoms with Crippen LogP contribution in [-0.2, 0) is 13.1 Å². The Kier molecular flexibility index (Phi) is 6.96. The Labute approximate surface area is 162 Å². The van der Waals surface area contributed by atoms with E-state index in [1.807, 2.05) is 13.0 Å². The van der Waals surface area contributed by atoms with E-state index in [0.29, 0.717) is 6.61 Å². The van der Waals surface area contributed by atoms with Crippen molar-refractivity contribution < 1.29 is 14.2 Å². The molecule has 3 rings (SSSR count). The zero-order valence-corrected chi connectivity index (χ0v) is 16.6. The summed E-state index contributed by atoms with van der Waals surface area (Å²) in [6.07, 6.45) is 0. The van der Waals surface area contributed by atoms with E-state index in [1.165, 1.54) is 11.1 Å². The number of ether oxygens (including phenoxy) is 3. The smallest absolute Gasteiger partial charge is 0.122 e. The predicted octanol–water partition coefficient (Wildman–Crippen LogP) is 3.42. The molecule has 27 heavy (non-hydrogen) atoms. The van der Waals surface area contributed by atoms with Crippen molar-refractivity contribution in [2.24, 2.45) is 0 Å². The second kappa shape index (κ2) is 9.62. The Hall–Kier alpha value is -2.24. The average molecular weight is 370 g/mol. The first-order chi connectivity index (χ1) is 13.2. The fraction of sp³-hybridized carbons (Fsp3) is 0.455. The molecule has 0 unspecified atom stereocenters. The normalized spacial score (nSPS) is 15.5. The molecular weight excluding hydrogens is 340 g/mol. The van der Waals surface area contributed by atoms with Crippen LogP contribution in [0.5, 0.6) is 17.2 Å². The van der Waals surface area contributed by atoms with Gasteiger partial charge in [-0.25, -0.2) is 0 Å². The highest BCUT2D eigenvalue weighted by atomic mass is 16.5. The summed E-state index contributed by atoms with van der Waals surface area (Å²) in [7, 11) is 3.39. The van der Waals surface area contributed by atoms with E-state index >= 15 is 0 Å². The van der Waals surface area contributed by atoms with Crippen LogP contribution in [-0.4, -0.2) is 56.8 Å². The van der Waals surface area contributed by atoms with Crippen LogP contribution >= 0.6 is 0 Å². The van der Waals surface area contributed by atoms with E-state index in [-0.39, 0.29) is 0 Å². The molecule has 0 atom stereocenters. The fourth-order valence-electron chi connectivity index (χ4n) is 3.44. The van der Waals surface area contributed by atoms with E-state index in [9.17, 15) is 0 Å². The number of benzene rings is 2. The standard InChI is InChI=1S/C22H30N2O3/c1-4-27-20-7-5-18(6-8-20)16-23-9-11-24(12-10-23)17-19-13-21(25-2)15-22(14-19)26-3/h5-8,13-15H,4,9-12,16-17H2,1-3H3. The van der Waals surface area contributed by atoms with Crippen molar-refractivity contribution in [3.8, 4) is 17.2 Å². The van der Waals surface area contributed by atoms with Crippen molar-refractivity contribution in [3.63, 3.8) is 0 Å². The van der Waals surface area contributed by atoms with Gasteiger partial charge in [0.25, 0.3) is 0 Å². The van der Waals surface area contributed by atoms with Gasteiger partial charge in [0.1, 0.15) is 17.2 Å². The van der Waals surface area contributed by atoms with Crippen LogP contribution in [0.2, 0.25) is 0 Å². The molecule has 0 radical (unpaired) electrons. The van der Waals surface area contributed by atoms with Gasteiger partial charge in [-0.05, 0) is 42.3 Å². The van der Waals surface area contributed by atoms with Crippen molar-refractivity contribution >= 4 is 0 Å². The van der Waals surface area contributed by atoms with Gasteiger partial charge in [0.15, 0.2) is 0 Å². The first-order valence-corrected chi connectivity index (χ1v) is 9.58. The van der Waals surface area contributed by atoms with Crippen LogP contribution in [0.15, 0.2) is 42.5 Å². The van der Waals surface area contributed by atoms with Gasteiger partial charge in [0.2, 0.25) is 0 Å². The Morgan fingerprint density at radius 2 is 1.22 bits per heavy atom. The maximum absolute atomic E-state index is 5.52. The topological polar surface area (TPSA) is 34.2 Å². The van der Waals surface area contributed by atoms with Crippen LogP contribution in [0.25, 0.3) is 0 Å². The lowest BCUT2D eigenvalue weighted by molar-refractivity contribution is 0.122. The molecule has 1 fully saturated rings. The van der Waals surface area contributed by atoms with E-state index in [2.05, 4.69) is 46.2 Å². The molecule has 2 aromatic rings. The largest absolute Gasteiger partial charge is 0.497 e. The SMILES string of the molecule is CCOc1ccc(CN2CCN(Cc3cc(OC)cc(OC)c3)CC2)cc1. The van der Waals surface area contributed by atoms with Crippen LogP contribution in [0.1, 0.15) is 18.1 Å². The second-order valence-electron chi connectivity index (χ2n) is 6.85. The van der Waals surface area contributed by atoms with E-state index in [4.69, 9.17) is 14.2 Å². The zero-order valence-electron chi connectivity index (χ0n) is 16.6. The first kappa shape index (κ1) is 19.5. The molecule has 0 bridgehead atoms. The highest BCUT2D eigenvalue weighted by Crippen LogP contribution is 2.24. The number of piperazine rings is 1. The van der Waals surface area contributed by atoms with E-state index in [0.717, 1.165) is 56.5 Å². The van der Waals surface area contributed by atoms with Crippen molar-refractivity contribution in [1.82, 2.24) is 9.80 Å². The Balaban J connectivity index is 1.50. The maximum atomic E-state index is 5.52. The molecule has 1 heterocycles. The molecule has 0 saturated carbocycles. The number of hydrogen-bond donors (Lipinski definition) is 0. The van der Waals surface area contributed by atoms with Gasteiger partial charge in [0.05, 0.1) is 20.8 Å². The minimum absolute atomic E-state index is 0.709. The number of rotatable bonds is 8. The van der Waals surface area contributed by atoms with Crippen LogP contribution in [0.4, 0.5) is 0 Å². The van der Waals surface area contributed by atoms with Crippen LogP contribution in [0.3, 0.4) is 0 Å². The number of methoxy groups -OCH3 is 2. The predicted molar refractivity (Wildman–Crippen MR) is 108 cm³/mol. The molecule has 0 aromatic heterocycles. The third kappa shape index (κ3) is 5.62. The van der Waals surface area contributed by atoms with Crippen molar-refractivity contribution in [1.29, 1.82) is 0 Å². The highest BCUT2D eigenvalue weighted by Gasteiger charge is 2.17. The molecule has 5 nitrogen and oxygen atoms in total. The van der Waals surface area contributed by atoms with Crippen LogP contribution < -0.4 is 14.2 Å². The Morgan fingerprint density at radius 1 is 0.704 bits per heavy atom. The second-order valence-corrected chi connectivity index (χ2v) is 6.85. The van der Waals surface area contributed by atoms with E-state index < -0.39 is 0 Å². The molecule has 0 aliphatic carbocycles. The molecule has 0 spiro atoms. The van der Waals surface area contributed by atoms with Crippen molar-refractivity contribution in [2.45, 2.75) is 20.0 Å². The quantitative estimate of drug-likeness (QED) is 0.711. The van der Waals surface area contributed by atoms with E-state index in [1.54, 1.807) is 14.2 Å². The minimum Gasteiger partial charge on any atom is -0.497 e. The van der Waals surface area contributed by atoms with Gasteiger partial charge in [-0.3, -0.25) is 9.80 Å². The van der Waals surface area contributed by atoms with Gasteiger partial charge in [-0.1, -0.05) is 12.1 Å². The summed E-state index contributed by atoms with van der Waals surface area (Å²) in [4.78, 5) is 5.00. The van der Waals surface area contributed by atoms with Gasteiger partial charge >= 0.3 is 0 Å². The third-order valence-electron chi connectivity index (χ3n) is 4.92. The van der Waals surface area contributed by atoms with Crippen molar-refractivity contribution in [3.05, 3.63) is 53.6 Å². The lowest BCUT2D eigenvalue weighted by Crippen LogP contribution is -2.45. The first-order valence-electron chi connectivity index (χ1n) is 9.58. The molecule has 5 heteroatoms. The third-order valence-corrected chi connectivity index (χ3v) is 4.92. The van der Waals surface area contributed by atoms with Gasteiger partial charge in [-0.15, -0.1) is 0 Å². The molecule has 2 aromatic carbocycles. The summed E-state index contributed by atoms with van der Waals surface area (Å²) in [6, 6.07) is 14.6. The summed E-state index contributed by atoms with van der Waals surface area (Å²) in [5, 5.41) is 0. The van der Waals surface area contributed by atoms with Crippen LogP contribution in [0, 0.1) is 0 Å². The minimum atomic E-state index is 0.709. The maximum Gasteiger partial charge on any atom is 0.122 e. The molecule has 0 amide bonds. The number of hydrogen-bond acceptors (Lipinski definition) is 5. The van der Waals surface area contributed by atoms with Gasteiger partial charge in [-0.2, -0.15) is 0 Å². The average Bonchev–Trinajstić information content (AvgIpc) is 2.71. The lowest BCUT2D eigenvalue weighted by Gasteiger charge is -2.34. The summed E-state index contributed by atoms with van der Waals surface area (Å²) in [5.41, 5.74) is 2.57. The van der Waals surface area contributed by atoms with Gasteiger partial charge in [0, 0.05) is 45.3 Å². The monoisotopic (exact) mass is 370 g/mol. The molecule has 0 N–H and O–H groups in total. The van der Waals surface area contributed by atoms with Gasteiger partial charge < -0.3 is 14.2 Å².